The van der Waals surface area contributed by atoms with Gasteiger partial charge in [-0.3, -0.25) is 9.59 Å². The van der Waals surface area contributed by atoms with Crippen LogP contribution in [0, 0.1) is 0 Å². The average molecular weight is 375 g/mol. The second-order valence-electron chi connectivity index (χ2n) is 7.31. The first-order chi connectivity index (χ1) is 13.0. The number of nitrogens with zero attached hydrogens (tertiary/aromatic N) is 3. The van der Waals surface area contributed by atoms with E-state index in [1.807, 2.05) is 30.1 Å². The number of methoxy groups -OCH3 is 1. The Morgan fingerprint density at radius 3 is 2.74 bits per heavy atom. The predicted octanol–water partition coefficient (Wildman–Crippen LogP) is 1.61. The molecule has 0 spiro atoms. The molecule has 27 heavy (non-hydrogen) atoms. The molecule has 2 heterocycles. The van der Waals surface area contributed by atoms with Crippen LogP contribution < -0.4 is 9.64 Å². The zero-order chi connectivity index (χ0) is 19.4. The third-order valence-corrected chi connectivity index (χ3v) is 5.24. The maximum Gasteiger partial charge on any atom is 0.253 e. The van der Waals surface area contributed by atoms with E-state index in [0.29, 0.717) is 31.7 Å². The summed E-state index contributed by atoms with van der Waals surface area (Å²) in [6.45, 7) is 3.37. The SMILES string of the molecule is COCCN(C)C(=O)C[C@H]1CN(C)c2cc(C(=O)N3CCCC3)ccc2O1. The zero-order valence-electron chi connectivity index (χ0n) is 16.4. The van der Waals surface area contributed by atoms with Crippen molar-refractivity contribution in [2.24, 2.45) is 0 Å². The third kappa shape index (κ3) is 4.53. The van der Waals surface area contributed by atoms with Crippen LogP contribution in [0.4, 0.5) is 5.69 Å². The van der Waals surface area contributed by atoms with Gasteiger partial charge in [0.2, 0.25) is 5.91 Å². The average Bonchev–Trinajstić information content (AvgIpc) is 3.20. The van der Waals surface area contributed by atoms with E-state index in [-0.39, 0.29) is 17.9 Å². The Kier molecular flexibility index (Phi) is 6.21. The summed E-state index contributed by atoms with van der Waals surface area (Å²) in [6, 6.07) is 5.57. The Morgan fingerprint density at radius 1 is 1.30 bits per heavy atom. The topological polar surface area (TPSA) is 62.3 Å². The highest BCUT2D eigenvalue weighted by Crippen LogP contribution is 2.34. The fourth-order valence-corrected chi connectivity index (χ4v) is 3.58. The van der Waals surface area contributed by atoms with E-state index in [1.54, 1.807) is 19.1 Å². The van der Waals surface area contributed by atoms with Gasteiger partial charge in [-0.15, -0.1) is 0 Å². The molecule has 7 nitrogen and oxygen atoms in total. The van der Waals surface area contributed by atoms with Crippen LogP contribution in [-0.4, -0.2) is 81.7 Å². The molecule has 7 heteroatoms. The molecule has 0 aromatic heterocycles. The molecule has 1 fully saturated rings. The molecule has 0 bridgehead atoms. The monoisotopic (exact) mass is 375 g/mol. The van der Waals surface area contributed by atoms with E-state index in [1.165, 1.54) is 0 Å². The minimum Gasteiger partial charge on any atom is -0.486 e. The third-order valence-electron chi connectivity index (χ3n) is 5.24. The molecule has 3 rings (SSSR count). The Hall–Kier alpha value is -2.28. The van der Waals surface area contributed by atoms with Crippen LogP contribution in [0.2, 0.25) is 0 Å². The number of carbonyl (C=O) groups is 2. The van der Waals surface area contributed by atoms with E-state index >= 15 is 0 Å². The minimum absolute atomic E-state index is 0.0368. The van der Waals surface area contributed by atoms with Crippen LogP contribution in [0.3, 0.4) is 0 Å². The van der Waals surface area contributed by atoms with Gasteiger partial charge >= 0.3 is 0 Å². The molecule has 2 aliphatic heterocycles. The Balaban J connectivity index is 1.65. The zero-order valence-corrected chi connectivity index (χ0v) is 16.4. The molecule has 1 atom stereocenters. The number of rotatable bonds is 6. The van der Waals surface area contributed by atoms with Gasteiger partial charge < -0.3 is 24.2 Å². The van der Waals surface area contributed by atoms with E-state index < -0.39 is 0 Å². The van der Waals surface area contributed by atoms with Crippen molar-refractivity contribution in [2.45, 2.75) is 25.4 Å². The Morgan fingerprint density at radius 2 is 2.04 bits per heavy atom. The maximum absolute atomic E-state index is 12.6. The van der Waals surface area contributed by atoms with Crippen LogP contribution in [0.25, 0.3) is 0 Å². The number of hydrogen-bond donors (Lipinski definition) is 0. The number of amides is 2. The Labute approximate surface area is 160 Å². The highest BCUT2D eigenvalue weighted by Gasteiger charge is 2.28. The molecule has 1 saturated heterocycles. The van der Waals surface area contributed by atoms with Gasteiger partial charge in [0.25, 0.3) is 5.91 Å². The first kappa shape index (κ1) is 19.5. The minimum atomic E-state index is -0.208. The summed E-state index contributed by atoms with van der Waals surface area (Å²) in [5.74, 6) is 0.842. The highest BCUT2D eigenvalue weighted by atomic mass is 16.5. The summed E-state index contributed by atoms with van der Waals surface area (Å²) < 4.78 is 11.1. The van der Waals surface area contributed by atoms with Gasteiger partial charge in [-0.1, -0.05) is 0 Å². The van der Waals surface area contributed by atoms with Gasteiger partial charge in [-0.2, -0.15) is 0 Å². The van der Waals surface area contributed by atoms with Crippen molar-refractivity contribution >= 4 is 17.5 Å². The van der Waals surface area contributed by atoms with Crippen LogP contribution in [0.15, 0.2) is 18.2 Å². The molecule has 1 aromatic carbocycles. The number of anilines is 1. The largest absolute Gasteiger partial charge is 0.486 e. The normalized spacial score (nSPS) is 18.9. The van der Waals surface area contributed by atoms with E-state index in [4.69, 9.17) is 9.47 Å². The van der Waals surface area contributed by atoms with E-state index in [0.717, 1.165) is 37.4 Å². The van der Waals surface area contributed by atoms with Gasteiger partial charge in [0, 0.05) is 46.4 Å². The standard InChI is InChI=1S/C20H29N3O4/c1-21(10-11-26-3)19(24)13-16-14-22(2)17-12-15(6-7-18(17)27-16)20(25)23-8-4-5-9-23/h6-7,12,16H,4-5,8-11,13-14H2,1-3H3/t16-/m0/s1. The van der Waals surface area contributed by atoms with Crippen LogP contribution in [0.5, 0.6) is 5.75 Å². The number of likely N-dealkylation sites (N-methyl/N-ethyl adjacent to an activating group) is 2. The smallest absolute Gasteiger partial charge is 0.253 e. The molecule has 148 valence electrons. The van der Waals surface area contributed by atoms with Crippen molar-refractivity contribution in [3.05, 3.63) is 23.8 Å². The molecule has 0 radical (unpaired) electrons. The predicted molar refractivity (Wildman–Crippen MR) is 103 cm³/mol. The molecule has 0 N–H and O–H groups in total. The molecule has 1 aromatic rings. The van der Waals surface area contributed by atoms with Crippen molar-refractivity contribution in [3.63, 3.8) is 0 Å². The lowest BCUT2D eigenvalue weighted by molar-refractivity contribution is -0.132. The lowest BCUT2D eigenvalue weighted by Gasteiger charge is -2.34. The summed E-state index contributed by atoms with van der Waals surface area (Å²) >= 11 is 0. The summed E-state index contributed by atoms with van der Waals surface area (Å²) in [5, 5.41) is 0. The van der Waals surface area contributed by atoms with Crippen LogP contribution in [0.1, 0.15) is 29.6 Å². The number of ether oxygens (including phenoxy) is 2. The highest BCUT2D eigenvalue weighted by molar-refractivity contribution is 5.96. The van der Waals surface area contributed by atoms with Crippen molar-refractivity contribution in [1.82, 2.24) is 9.80 Å². The van der Waals surface area contributed by atoms with Crippen molar-refractivity contribution in [2.75, 3.05) is 58.9 Å². The van der Waals surface area contributed by atoms with Gasteiger partial charge in [0.1, 0.15) is 11.9 Å². The van der Waals surface area contributed by atoms with Crippen LogP contribution >= 0.6 is 0 Å². The number of carbonyl (C=O) groups excluding carboxylic acids is 2. The van der Waals surface area contributed by atoms with E-state index in [2.05, 4.69) is 4.90 Å². The van der Waals surface area contributed by atoms with Crippen molar-refractivity contribution in [3.8, 4) is 5.75 Å². The lowest BCUT2D eigenvalue weighted by Crippen LogP contribution is -2.42. The first-order valence-corrected chi connectivity index (χ1v) is 9.53. The van der Waals surface area contributed by atoms with Gasteiger partial charge in [-0.25, -0.2) is 0 Å². The summed E-state index contributed by atoms with van der Waals surface area (Å²) in [4.78, 5) is 30.6. The number of likely N-dealkylation sites (tertiary alicyclic amines) is 1. The molecule has 0 unspecified atom stereocenters. The molecular formula is C20H29N3O4. The van der Waals surface area contributed by atoms with Crippen molar-refractivity contribution in [1.29, 1.82) is 0 Å². The summed E-state index contributed by atoms with van der Waals surface area (Å²) in [5.41, 5.74) is 1.59. The Bertz CT molecular complexity index is 688. The molecule has 2 amide bonds. The lowest BCUT2D eigenvalue weighted by atomic mass is 10.1. The van der Waals surface area contributed by atoms with Crippen LogP contribution in [-0.2, 0) is 9.53 Å². The summed E-state index contributed by atoms with van der Waals surface area (Å²) in [6.07, 6.45) is 2.26. The number of fused-ring (bicyclic) bond motifs is 1. The quantitative estimate of drug-likeness (QED) is 0.756. The van der Waals surface area contributed by atoms with Gasteiger partial charge in [-0.05, 0) is 31.0 Å². The van der Waals surface area contributed by atoms with Crippen molar-refractivity contribution < 1.29 is 19.1 Å². The molecule has 2 aliphatic rings. The second kappa shape index (κ2) is 8.61. The first-order valence-electron chi connectivity index (χ1n) is 9.53. The fourth-order valence-electron chi connectivity index (χ4n) is 3.58. The summed E-state index contributed by atoms with van der Waals surface area (Å²) in [7, 11) is 5.37. The second-order valence-corrected chi connectivity index (χ2v) is 7.31. The van der Waals surface area contributed by atoms with Gasteiger partial charge in [0.05, 0.1) is 25.3 Å². The molecule has 0 aliphatic carbocycles. The molecular weight excluding hydrogens is 346 g/mol. The molecule has 0 saturated carbocycles. The number of benzene rings is 1. The number of hydrogen-bond acceptors (Lipinski definition) is 5. The van der Waals surface area contributed by atoms with E-state index in [9.17, 15) is 9.59 Å². The maximum atomic E-state index is 12.6. The van der Waals surface area contributed by atoms with Gasteiger partial charge in [0.15, 0.2) is 0 Å². The fraction of sp³-hybridized carbons (Fsp3) is 0.600.